The summed E-state index contributed by atoms with van der Waals surface area (Å²) in [5.41, 5.74) is -1.45. The molecule has 1 saturated carbocycles. The molecule has 7 rings (SSSR count). The first-order valence-electron chi connectivity index (χ1n) is 17.0. The molecule has 0 bridgehead atoms. The molecule has 3 aliphatic rings. The number of nitrogens with zero attached hydrogens (tertiary/aromatic N) is 1. The number of pyridine rings is 1. The van der Waals surface area contributed by atoms with Gasteiger partial charge in [0.2, 0.25) is 5.78 Å². The van der Waals surface area contributed by atoms with Gasteiger partial charge in [0.15, 0.2) is 11.5 Å². The van der Waals surface area contributed by atoms with Gasteiger partial charge in [-0.15, -0.1) is 0 Å². The number of Topliss-reactive ketones (excluding diaryl/α,β-unsaturated/α-hetero) is 2. The maximum absolute atomic E-state index is 13.2. The summed E-state index contributed by atoms with van der Waals surface area (Å²) in [6, 6.07) is 17.8. The summed E-state index contributed by atoms with van der Waals surface area (Å²) in [5.74, 6) is -0.636. The molecule has 3 N–H and O–H groups in total. The van der Waals surface area contributed by atoms with Crippen LogP contribution in [0.25, 0.3) is 10.9 Å². The minimum Gasteiger partial charge on any atom is -0.504 e. The van der Waals surface area contributed by atoms with E-state index in [2.05, 4.69) is 22.4 Å². The molecular formula is C39H35ClF6N2O4. The number of fused-ring (bicyclic) bond motifs is 2. The van der Waals surface area contributed by atoms with E-state index in [4.69, 9.17) is 11.6 Å². The number of carbonyl (C=O) groups excluding carboxylic acids is 2. The Kier molecular flexibility index (Phi) is 10.8. The van der Waals surface area contributed by atoms with Crippen LogP contribution in [-0.2, 0) is 12.4 Å². The molecule has 52 heavy (non-hydrogen) atoms. The second-order valence-corrected chi connectivity index (χ2v) is 13.8. The quantitative estimate of drug-likeness (QED) is 0.180. The van der Waals surface area contributed by atoms with Crippen LogP contribution < -0.4 is 5.32 Å². The third-order valence-electron chi connectivity index (χ3n) is 10.1. The van der Waals surface area contributed by atoms with Crippen molar-refractivity contribution in [2.45, 2.75) is 75.4 Å². The Labute approximate surface area is 300 Å². The number of rotatable bonds is 4. The van der Waals surface area contributed by atoms with Crippen LogP contribution in [0, 0.1) is 5.92 Å². The Morgan fingerprint density at radius 3 is 2.00 bits per heavy atom. The van der Waals surface area contributed by atoms with Gasteiger partial charge in [-0.25, -0.2) is 4.98 Å². The van der Waals surface area contributed by atoms with Gasteiger partial charge in [0, 0.05) is 33.2 Å². The van der Waals surface area contributed by atoms with Crippen molar-refractivity contribution in [2.75, 3.05) is 6.54 Å². The van der Waals surface area contributed by atoms with Crippen LogP contribution in [0.4, 0.5) is 26.3 Å². The summed E-state index contributed by atoms with van der Waals surface area (Å²) < 4.78 is 79.3. The maximum Gasteiger partial charge on any atom is 0.433 e. The molecule has 3 aromatic carbocycles. The molecule has 0 amide bonds. The monoisotopic (exact) mass is 744 g/mol. The van der Waals surface area contributed by atoms with Crippen molar-refractivity contribution in [3.63, 3.8) is 0 Å². The molecule has 1 saturated heterocycles. The summed E-state index contributed by atoms with van der Waals surface area (Å²) in [6.07, 6.45) is -5.58. The van der Waals surface area contributed by atoms with Gasteiger partial charge in [-0.2, -0.15) is 26.3 Å². The zero-order chi connectivity index (χ0) is 37.4. The van der Waals surface area contributed by atoms with Crippen LogP contribution in [0.1, 0.15) is 100 Å². The molecule has 0 spiro atoms. The van der Waals surface area contributed by atoms with E-state index in [9.17, 15) is 46.1 Å². The Hall–Kier alpha value is -4.26. The van der Waals surface area contributed by atoms with E-state index in [0.717, 1.165) is 49.6 Å². The molecule has 0 unspecified atom stereocenters. The van der Waals surface area contributed by atoms with Crippen LogP contribution in [0.2, 0.25) is 5.02 Å². The van der Waals surface area contributed by atoms with E-state index in [-0.39, 0.29) is 28.4 Å². The molecular weight excluding hydrogens is 710 g/mol. The van der Waals surface area contributed by atoms with Gasteiger partial charge in [0.05, 0.1) is 17.2 Å². The fourth-order valence-electron chi connectivity index (χ4n) is 7.47. The lowest BCUT2D eigenvalue weighted by molar-refractivity contribution is -0.142. The van der Waals surface area contributed by atoms with Crippen molar-refractivity contribution in [1.82, 2.24) is 10.3 Å². The Morgan fingerprint density at radius 2 is 1.40 bits per heavy atom. The standard InChI is InChI=1S/C22H19ClO3.C17H16F6N2O/c23-16-11-9-14(10-12-16)13-5-7-15(8-6-13)19-20(24)17-3-1-2-4-18(17)21(25)22(19)26;18-16(19,20)11-5-3-4-9-10(15(26)12-6-1-2-7-24-12)8-13(17(21,22)23)25-14(9)11/h1-4,9-13,15,26H,5-8H2;3-5,8,12,15,24,26H,1-2,6-7H2/t13-,15-;12-,15+/m.1/s1. The molecule has 2 heterocycles. The van der Waals surface area contributed by atoms with Crippen LogP contribution in [0.15, 0.2) is 84.1 Å². The van der Waals surface area contributed by atoms with Gasteiger partial charge in [-0.1, -0.05) is 66.6 Å². The number of hydrogen-bond donors (Lipinski definition) is 3. The molecule has 0 radical (unpaired) electrons. The molecule has 2 aliphatic carbocycles. The highest BCUT2D eigenvalue weighted by atomic mass is 35.5. The van der Waals surface area contributed by atoms with Crippen LogP contribution in [0.5, 0.6) is 0 Å². The lowest BCUT2D eigenvalue weighted by atomic mass is 9.72. The number of piperidine rings is 1. The van der Waals surface area contributed by atoms with E-state index < -0.39 is 47.1 Å². The molecule has 6 nitrogen and oxygen atoms in total. The SMILES string of the molecule is O=C1C(O)=C([C@H]2CC[C@H](c3ccc(Cl)cc3)CC2)C(=O)c2ccccc21.O[C@@H](c1cc(C(F)(F)F)nc2c(C(F)(F)F)cccc12)[C@H]1CCCCN1. The zero-order valence-corrected chi connectivity index (χ0v) is 28.5. The minimum absolute atomic E-state index is 0.0663. The number of carbonyl (C=O) groups is 2. The molecule has 13 heteroatoms. The Bertz CT molecular complexity index is 2000. The summed E-state index contributed by atoms with van der Waals surface area (Å²) in [6.45, 7) is 0.588. The largest absolute Gasteiger partial charge is 0.504 e. The summed E-state index contributed by atoms with van der Waals surface area (Å²) >= 11 is 5.96. The topological polar surface area (TPSA) is 99.5 Å². The molecule has 4 aromatic rings. The fourth-order valence-corrected chi connectivity index (χ4v) is 7.60. The maximum atomic E-state index is 13.2. The molecule has 1 aliphatic heterocycles. The highest BCUT2D eigenvalue weighted by Gasteiger charge is 2.40. The molecule has 274 valence electrons. The summed E-state index contributed by atoms with van der Waals surface area (Å²) in [5, 5.41) is 24.6. The first-order valence-corrected chi connectivity index (χ1v) is 17.4. The predicted molar refractivity (Wildman–Crippen MR) is 183 cm³/mol. The van der Waals surface area contributed by atoms with Crippen molar-refractivity contribution >= 4 is 34.1 Å². The van der Waals surface area contributed by atoms with Gasteiger partial charge in [-0.3, -0.25) is 9.59 Å². The minimum atomic E-state index is -4.93. The van der Waals surface area contributed by atoms with Gasteiger partial charge >= 0.3 is 12.4 Å². The van der Waals surface area contributed by atoms with Gasteiger partial charge < -0.3 is 15.5 Å². The van der Waals surface area contributed by atoms with Crippen molar-refractivity contribution in [1.29, 1.82) is 0 Å². The average molecular weight is 745 g/mol. The summed E-state index contributed by atoms with van der Waals surface area (Å²) in [7, 11) is 0. The first kappa shape index (κ1) is 37.5. The third kappa shape index (κ3) is 7.74. The number of ketones is 2. The zero-order valence-electron chi connectivity index (χ0n) is 27.7. The number of aromatic nitrogens is 1. The number of alkyl halides is 6. The van der Waals surface area contributed by atoms with Crippen LogP contribution in [-0.4, -0.2) is 39.4 Å². The van der Waals surface area contributed by atoms with E-state index in [1.807, 2.05) is 12.1 Å². The number of halogens is 7. The number of nitrogens with one attached hydrogen (secondary N) is 1. The smallest absolute Gasteiger partial charge is 0.433 e. The lowest BCUT2D eigenvalue weighted by Gasteiger charge is -2.31. The Morgan fingerprint density at radius 1 is 0.769 bits per heavy atom. The Balaban J connectivity index is 0.000000179. The van der Waals surface area contributed by atoms with Gasteiger partial charge in [-0.05, 0) is 92.3 Å². The van der Waals surface area contributed by atoms with E-state index in [0.29, 0.717) is 47.7 Å². The van der Waals surface area contributed by atoms with Crippen LogP contribution in [0.3, 0.4) is 0 Å². The number of allylic oxidation sites excluding steroid dienone is 2. The fraction of sp³-hybridized carbons (Fsp3) is 0.359. The van der Waals surface area contributed by atoms with Crippen molar-refractivity contribution in [2.24, 2.45) is 5.92 Å². The van der Waals surface area contributed by atoms with E-state index in [1.165, 1.54) is 11.6 Å². The normalized spacial score (nSPS) is 21.7. The molecule has 1 aromatic heterocycles. The van der Waals surface area contributed by atoms with Gasteiger partial charge in [0.1, 0.15) is 5.69 Å². The highest BCUT2D eigenvalue weighted by Crippen LogP contribution is 2.43. The van der Waals surface area contributed by atoms with E-state index in [1.54, 1.807) is 24.3 Å². The third-order valence-corrected chi connectivity index (χ3v) is 10.4. The van der Waals surface area contributed by atoms with Gasteiger partial charge in [0.25, 0.3) is 0 Å². The van der Waals surface area contributed by atoms with E-state index >= 15 is 0 Å². The first-order chi connectivity index (χ1) is 24.6. The number of hydrogen-bond acceptors (Lipinski definition) is 6. The van der Waals surface area contributed by atoms with Crippen molar-refractivity contribution in [3.8, 4) is 0 Å². The summed E-state index contributed by atoms with van der Waals surface area (Å²) in [4.78, 5) is 28.6. The van der Waals surface area contributed by atoms with Crippen molar-refractivity contribution in [3.05, 3.63) is 123 Å². The van der Waals surface area contributed by atoms with Crippen molar-refractivity contribution < 1.29 is 46.1 Å². The second-order valence-electron chi connectivity index (χ2n) is 13.4. The highest BCUT2D eigenvalue weighted by molar-refractivity contribution is 6.30. The number of aliphatic hydroxyl groups is 2. The molecule has 2 fully saturated rings. The van der Waals surface area contributed by atoms with Crippen LogP contribution >= 0.6 is 11.6 Å². The number of benzene rings is 3. The number of aliphatic hydroxyl groups excluding tert-OH is 2. The second kappa shape index (κ2) is 15.0. The predicted octanol–water partition coefficient (Wildman–Crippen LogP) is 9.95. The lowest BCUT2D eigenvalue weighted by Crippen LogP contribution is -2.39. The number of para-hydroxylation sites is 1. The molecule has 2 atom stereocenters. The average Bonchev–Trinajstić information content (AvgIpc) is 3.13.